The Balaban J connectivity index is 1.26. The number of nitrogens with zero attached hydrogens (tertiary/aromatic N) is 2. The highest BCUT2D eigenvalue weighted by Crippen LogP contribution is 2.32. The lowest BCUT2D eigenvalue weighted by atomic mass is 9.88. The van der Waals surface area contributed by atoms with Crippen LogP contribution in [0.2, 0.25) is 0 Å². The van der Waals surface area contributed by atoms with Crippen LogP contribution in [0.1, 0.15) is 29.6 Å². The maximum atomic E-state index is 13.0. The first-order valence-electron chi connectivity index (χ1n) is 10.9. The van der Waals surface area contributed by atoms with Gasteiger partial charge in [-0.3, -0.25) is 9.59 Å². The van der Waals surface area contributed by atoms with Gasteiger partial charge in [0, 0.05) is 38.2 Å². The van der Waals surface area contributed by atoms with Gasteiger partial charge in [0.15, 0.2) is 0 Å². The van der Waals surface area contributed by atoms with Crippen molar-refractivity contribution in [2.75, 3.05) is 46.0 Å². The number of carbonyl (C=O) groups is 2. The Labute approximate surface area is 179 Å². The molecule has 3 aliphatic heterocycles. The van der Waals surface area contributed by atoms with E-state index in [4.69, 9.17) is 13.9 Å². The van der Waals surface area contributed by atoms with E-state index in [-0.39, 0.29) is 23.3 Å². The van der Waals surface area contributed by atoms with E-state index in [9.17, 15) is 14.4 Å². The van der Waals surface area contributed by atoms with Crippen LogP contribution >= 0.6 is 0 Å². The molecule has 1 spiro atoms. The molecular formula is C23H26N2O6. The zero-order chi connectivity index (χ0) is 21.4. The van der Waals surface area contributed by atoms with Gasteiger partial charge in [-0.05, 0) is 31.4 Å². The summed E-state index contributed by atoms with van der Waals surface area (Å²) in [6.07, 6.45) is 2.03. The van der Waals surface area contributed by atoms with Gasteiger partial charge in [-0.1, -0.05) is 18.2 Å². The predicted octanol–water partition coefficient (Wildman–Crippen LogP) is 1.66. The van der Waals surface area contributed by atoms with E-state index in [0.717, 1.165) is 11.8 Å². The van der Waals surface area contributed by atoms with Crippen LogP contribution in [0.25, 0.3) is 11.0 Å². The molecule has 0 N–H and O–H groups in total. The molecule has 8 heteroatoms. The molecule has 3 saturated heterocycles. The first-order valence-corrected chi connectivity index (χ1v) is 10.9. The van der Waals surface area contributed by atoms with E-state index in [1.54, 1.807) is 23.1 Å². The van der Waals surface area contributed by atoms with Crippen molar-refractivity contribution in [1.29, 1.82) is 0 Å². The molecule has 4 heterocycles. The first-order chi connectivity index (χ1) is 15.0. The number of amides is 2. The van der Waals surface area contributed by atoms with Crippen molar-refractivity contribution in [2.24, 2.45) is 5.92 Å². The number of benzene rings is 1. The monoisotopic (exact) mass is 426 g/mol. The number of piperidine rings is 1. The van der Waals surface area contributed by atoms with Crippen molar-refractivity contribution in [3.8, 4) is 0 Å². The third-order valence-electron chi connectivity index (χ3n) is 6.67. The number of carbonyl (C=O) groups excluding carboxylic acids is 2. The van der Waals surface area contributed by atoms with Crippen molar-refractivity contribution in [2.45, 2.75) is 24.9 Å². The minimum atomic E-state index is -0.617. The van der Waals surface area contributed by atoms with Crippen LogP contribution in [0.4, 0.5) is 0 Å². The van der Waals surface area contributed by atoms with Gasteiger partial charge in [-0.2, -0.15) is 0 Å². The van der Waals surface area contributed by atoms with Crippen LogP contribution in [-0.2, 0) is 14.3 Å². The third-order valence-corrected chi connectivity index (χ3v) is 6.67. The number of likely N-dealkylation sites (tertiary alicyclic amines) is 1. The SMILES string of the molecule is O=C(c1cc2ccccc2oc1=O)N1CCC2(CC1)CN(C(=O)C1CCOC1)CCO2. The number of rotatable bonds is 2. The van der Waals surface area contributed by atoms with Crippen molar-refractivity contribution >= 4 is 22.8 Å². The molecule has 0 aliphatic carbocycles. The van der Waals surface area contributed by atoms with Crippen LogP contribution < -0.4 is 5.63 Å². The molecule has 1 unspecified atom stereocenters. The van der Waals surface area contributed by atoms with E-state index in [1.165, 1.54) is 0 Å². The predicted molar refractivity (Wildman–Crippen MR) is 112 cm³/mol. The topological polar surface area (TPSA) is 89.3 Å². The third kappa shape index (κ3) is 3.85. The van der Waals surface area contributed by atoms with Gasteiger partial charge in [0.1, 0.15) is 11.1 Å². The summed E-state index contributed by atoms with van der Waals surface area (Å²) in [5.41, 5.74) is -0.529. The Morgan fingerprint density at radius 1 is 1.03 bits per heavy atom. The molecule has 2 aromatic rings. The van der Waals surface area contributed by atoms with Crippen LogP contribution in [0.3, 0.4) is 0 Å². The summed E-state index contributed by atoms with van der Waals surface area (Å²) in [6.45, 7) is 3.73. The molecule has 1 atom stereocenters. The fourth-order valence-electron chi connectivity index (χ4n) is 4.82. The number of fused-ring (bicyclic) bond motifs is 1. The summed E-state index contributed by atoms with van der Waals surface area (Å²) in [6, 6.07) is 8.76. The zero-order valence-corrected chi connectivity index (χ0v) is 17.4. The lowest BCUT2D eigenvalue weighted by molar-refractivity contribution is -0.161. The fourth-order valence-corrected chi connectivity index (χ4v) is 4.82. The number of morpholine rings is 1. The molecular weight excluding hydrogens is 400 g/mol. The van der Waals surface area contributed by atoms with E-state index < -0.39 is 11.2 Å². The lowest BCUT2D eigenvalue weighted by Gasteiger charge is -2.47. The summed E-state index contributed by atoms with van der Waals surface area (Å²) in [7, 11) is 0. The van der Waals surface area contributed by atoms with E-state index >= 15 is 0 Å². The smallest absolute Gasteiger partial charge is 0.349 e. The average molecular weight is 426 g/mol. The molecule has 1 aromatic carbocycles. The molecule has 5 rings (SSSR count). The largest absolute Gasteiger partial charge is 0.422 e. The highest BCUT2D eigenvalue weighted by atomic mass is 16.5. The summed E-state index contributed by atoms with van der Waals surface area (Å²) in [4.78, 5) is 41.8. The van der Waals surface area contributed by atoms with E-state index in [2.05, 4.69) is 0 Å². The maximum absolute atomic E-state index is 13.0. The van der Waals surface area contributed by atoms with Crippen molar-refractivity contribution < 1.29 is 23.5 Å². The number of ether oxygens (including phenoxy) is 2. The minimum absolute atomic E-state index is 0.0519. The molecule has 31 heavy (non-hydrogen) atoms. The van der Waals surface area contributed by atoms with Crippen LogP contribution in [0.15, 0.2) is 39.5 Å². The molecule has 0 bridgehead atoms. The summed E-state index contributed by atoms with van der Waals surface area (Å²) in [5.74, 6) is -0.224. The molecule has 3 fully saturated rings. The highest BCUT2D eigenvalue weighted by molar-refractivity contribution is 5.96. The Kier molecular flexibility index (Phi) is 5.27. The molecule has 0 saturated carbocycles. The molecule has 3 aliphatic rings. The fraction of sp³-hybridized carbons (Fsp3) is 0.522. The highest BCUT2D eigenvalue weighted by Gasteiger charge is 2.43. The number of hydrogen-bond donors (Lipinski definition) is 0. The summed E-state index contributed by atoms with van der Waals surface area (Å²) < 4.78 is 16.8. The number of para-hydroxylation sites is 1. The van der Waals surface area contributed by atoms with Crippen LogP contribution in [0.5, 0.6) is 0 Å². The van der Waals surface area contributed by atoms with Crippen molar-refractivity contribution in [3.05, 3.63) is 46.3 Å². The molecule has 164 valence electrons. The Morgan fingerprint density at radius 3 is 2.61 bits per heavy atom. The van der Waals surface area contributed by atoms with Gasteiger partial charge in [0.2, 0.25) is 5.91 Å². The maximum Gasteiger partial charge on any atom is 0.349 e. The van der Waals surface area contributed by atoms with Gasteiger partial charge < -0.3 is 23.7 Å². The van der Waals surface area contributed by atoms with Gasteiger partial charge in [0.25, 0.3) is 5.91 Å². The lowest BCUT2D eigenvalue weighted by Crippen LogP contribution is -2.59. The van der Waals surface area contributed by atoms with Crippen LogP contribution in [0, 0.1) is 5.92 Å². The number of hydrogen-bond acceptors (Lipinski definition) is 6. The Morgan fingerprint density at radius 2 is 1.84 bits per heavy atom. The van der Waals surface area contributed by atoms with Gasteiger partial charge in [-0.25, -0.2) is 4.79 Å². The zero-order valence-electron chi connectivity index (χ0n) is 17.4. The average Bonchev–Trinajstić information content (AvgIpc) is 3.33. The van der Waals surface area contributed by atoms with E-state index in [0.29, 0.717) is 64.4 Å². The van der Waals surface area contributed by atoms with Crippen molar-refractivity contribution in [1.82, 2.24) is 9.80 Å². The summed E-state index contributed by atoms with van der Waals surface area (Å²) >= 11 is 0. The minimum Gasteiger partial charge on any atom is -0.422 e. The quantitative estimate of drug-likeness (QED) is 0.679. The second-order valence-corrected chi connectivity index (χ2v) is 8.63. The second kappa shape index (κ2) is 8.09. The second-order valence-electron chi connectivity index (χ2n) is 8.63. The molecule has 1 aromatic heterocycles. The Bertz CT molecular complexity index is 1050. The normalized spacial score (nSPS) is 23.4. The van der Waals surface area contributed by atoms with Crippen LogP contribution in [-0.4, -0.2) is 73.2 Å². The van der Waals surface area contributed by atoms with Gasteiger partial charge in [0.05, 0.1) is 24.7 Å². The van der Waals surface area contributed by atoms with E-state index in [1.807, 2.05) is 17.0 Å². The van der Waals surface area contributed by atoms with Gasteiger partial charge in [-0.15, -0.1) is 0 Å². The Hall–Kier alpha value is -2.71. The standard InChI is InChI=1S/C23H26N2O6/c26-20(17-5-11-29-14-17)25-10-12-30-23(15-25)6-8-24(9-7-23)21(27)18-13-16-3-1-2-4-19(16)31-22(18)28/h1-4,13,17H,5-12,14-15H2. The first kappa shape index (κ1) is 20.2. The molecule has 2 amide bonds. The van der Waals surface area contributed by atoms with Crippen molar-refractivity contribution in [3.63, 3.8) is 0 Å². The molecule has 8 nitrogen and oxygen atoms in total. The summed E-state index contributed by atoms with van der Waals surface area (Å²) in [5, 5.41) is 0.722. The molecule has 0 radical (unpaired) electrons. The van der Waals surface area contributed by atoms with Gasteiger partial charge >= 0.3 is 5.63 Å².